The molecule has 14 heavy (non-hydrogen) atoms. The number of phenolic OH excluding ortho intramolecular Hbond substituents is 1. The molecule has 0 aromatic heterocycles. The van der Waals surface area contributed by atoms with Crippen LogP contribution in [0, 0.1) is 0 Å². The van der Waals surface area contributed by atoms with E-state index in [1.165, 1.54) is 24.0 Å². The molecule has 0 fully saturated rings. The third kappa shape index (κ3) is 1.61. The fraction of sp³-hybridized carbons (Fsp3) is 0.455. The first-order valence-corrected chi connectivity index (χ1v) is 5.02. The molecule has 1 aromatic carbocycles. The van der Waals surface area contributed by atoms with Gasteiger partial charge in [0.15, 0.2) is 0 Å². The topological polar surface area (TPSA) is 52.5 Å². The molecule has 0 amide bonds. The average molecular weight is 193 g/mol. The lowest BCUT2D eigenvalue weighted by atomic mass is 9.88. The number of fused-ring (bicyclic) bond motifs is 1. The maximum atomic E-state index is 9.65. The van der Waals surface area contributed by atoms with Crippen LogP contribution in [0.4, 0.5) is 0 Å². The molecule has 0 aliphatic heterocycles. The van der Waals surface area contributed by atoms with Gasteiger partial charge in [-0.05, 0) is 42.9 Å². The average Bonchev–Trinajstić information content (AvgIpc) is 2.23. The molecule has 0 saturated carbocycles. The molecule has 2 rings (SSSR count). The molecule has 1 aliphatic rings. The quantitative estimate of drug-likeness (QED) is 0.627. The number of aromatic hydroxyl groups is 1. The Labute approximate surface area is 83.3 Å². The Balaban J connectivity index is 2.43. The van der Waals surface area contributed by atoms with Crippen molar-refractivity contribution in [3.8, 4) is 5.75 Å². The standard InChI is InChI=1S/C11H15NO2/c13-11-6-5-8-3-1-2-4-9(8)10(11)7-12-14/h5-6,12-14H,1-4,7H2. The number of nitrogens with one attached hydrogen (secondary N) is 1. The van der Waals surface area contributed by atoms with Gasteiger partial charge >= 0.3 is 0 Å². The number of hydroxylamine groups is 1. The van der Waals surface area contributed by atoms with E-state index in [1.54, 1.807) is 6.07 Å². The lowest BCUT2D eigenvalue weighted by Crippen LogP contribution is -2.12. The van der Waals surface area contributed by atoms with Crippen LogP contribution in [0.15, 0.2) is 12.1 Å². The third-order valence-electron chi connectivity index (χ3n) is 2.88. The normalized spacial score (nSPS) is 15.2. The van der Waals surface area contributed by atoms with Gasteiger partial charge in [-0.2, -0.15) is 0 Å². The molecule has 0 bridgehead atoms. The first-order valence-electron chi connectivity index (χ1n) is 5.02. The van der Waals surface area contributed by atoms with E-state index in [1.807, 2.05) is 6.07 Å². The lowest BCUT2D eigenvalue weighted by Gasteiger charge is -2.19. The van der Waals surface area contributed by atoms with Gasteiger partial charge < -0.3 is 10.3 Å². The Hall–Kier alpha value is -1.06. The largest absolute Gasteiger partial charge is 0.508 e. The molecule has 76 valence electrons. The number of rotatable bonds is 2. The number of hydrogen-bond acceptors (Lipinski definition) is 3. The zero-order chi connectivity index (χ0) is 9.97. The summed E-state index contributed by atoms with van der Waals surface area (Å²) in [5.41, 5.74) is 5.51. The fourth-order valence-corrected chi connectivity index (χ4v) is 2.17. The van der Waals surface area contributed by atoms with E-state index in [0.29, 0.717) is 6.54 Å². The molecular weight excluding hydrogens is 178 g/mol. The van der Waals surface area contributed by atoms with Crippen molar-refractivity contribution in [1.82, 2.24) is 5.48 Å². The molecule has 0 saturated heterocycles. The van der Waals surface area contributed by atoms with Crippen LogP contribution in [0.3, 0.4) is 0 Å². The second-order valence-electron chi connectivity index (χ2n) is 3.74. The Morgan fingerprint density at radius 2 is 2.00 bits per heavy atom. The maximum Gasteiger partial charge on any atom is 0.120 e. The van der Waals surface area contributed by atoms with Crippen LogP contribution in [0.5, 0.6) is 5.75 Å². The van der Waals surface area contributed by atoms with E-state index in [4.69, 9.17) is 5.21 Å². The zero-order valence-electron chi connectivity index (χ0n) is 8.08. The highest BCUT2D eigenvalue weighted by Gasteiger charge is 2.15. The monoisotopic (exact) mass is 193 g/mol. The summed E-state index contributed by atoms with van der Waals surface area (Å²) in [4.78, 5) is 0. The molecule has 0 radical (unpaired) electrons. The predicted octanol–water partition coefficient (Wildman–Crippen LogP) is 1.75. The van der Waals surface area contributed by atoms with Crippen LogP contribution >= 0.6 is 0 Å². The summed E-state index contributed by atoms with van der Waals surface area (Å²) in [7, 11) is 0. The smallest absolute Gasteiger partial charge is 0.120 e. The van der Waals surface area contributed by atoms with E-state index in [-0.39, 0.29) is 5.75 Å². The molecule has 0 unspecified atom stereocenters. The van der Waals surface area contributed by atoms with Crippen LogP contribution in [-0.4, -0.2) is 10.3 Å². The molecule has 0 heterocycles. The Morgan fingerprint density at radius 3 is 2.79 bits per heavy atom. The molecule has 3 nitrogen and oxygen atoms in total. The van der Waals surface area contributed by atoms with Crippen molar-refractivity contribution in [3.63, 3.8) is 0 Å². The van der Waals surface area contributed by atoms with Gasteiger partial charge in [0.25, 0.3) is 0 Å². The van der Waals surface area contributed by atoms with Gasteiger partial charge in [0.2, 0.25) is 0 Å². The predicted molar refractivity (Wildman–Crippen MR) is 53.4 cm³/mol. The van der Waals surface area contributed by atoms with Crippen LogP contribution in [0.1, 0.15) is 29.5 Å². The second kappa shape index (κ2) is 3.98. The summed E-state index contributed by atoms with van der Waals surface area (Å²) >= 11 is 0. The molecule has 0 atom stereocenters. The Morgan fingerprint density at radius 1 is 1.21 bits per heavy atom. The van der Waals surface area contributed by atoms with Gasteiger partial charge in [0, 0.05) is 12.1 Å². The van der Waals surface area contributed by atoms with E-state index in [9.17, 15) is 5.11 Å². The van der Waals surface area contributed by atoms with Crippen LogP contribution < -0.4 is 5.48 Å². The summed E-state index contributed by atoms with van der Waals surface area (Å²) < 4.78 is 0. The summed E-state index contributed by atoms with van der Waals surface area (Å²) in [5, 5.41) is 18.3. The van der Waals surface area contributed by atoms with Crippen LogP contribution in [-0.2, 0) is 19.4 Å². The highest BCUT2D eigenvalue weighted by molar-refractivity contribution is 5.45. The minimum atomic E-state index is 0.284. The van der Waals surface area contributed by atoms with Gasteiger partial charge in [-0.3, -0.25) is 0 Å². The lowest BCUT2D eigenvalue weighted by molar-refractivity contribution is 0.160. The van der Waals surface area contributed by atoms with E-state index >= 15 is 0 Å². The van der Waals surface area contributed by atoms with Crippen molar-refractivity contribution in [1.29, 1.82) is 0 Å². The molecule has 3 heteroatoms. The molecular formula is C11H15NO2. The van der Waals surface area contributed by atoms with Crippen molar-refractivity contribution in [2.75, 3.05) is 0 Å². The molecule has 1 aliphatic carbocycles. The van der Waals surface area contributed by atoms with Crippen molar-refractivity contribution < 1.29 is 10.3 Å². The van der Waals surface area contributed by atoms with Crippen LogP contribution in [0.2, 0.25) is 0 Å². The molecule has 3 N–H and O–H groups in total. The van der Waals surface area contributed by atoms with Gasteiger partial charge in [-0.15, -0.1) is 0 Å². The summed E-state index contributed by atoms with van der Waals surface area (Å²) in [6.07, 6.45) is 4.51. The number of aryl methyl sites for hydroxylation is 1. The highest BCUT2D eigenvalue weighted by atomic mass is 16.5. The summed E-state index contributed by atoms with van der Waals surface area (Å²) in [6.45, 7) is 0.328. The first-order chi connectivity index (χ1) is 6.83. The van der Waals surface area contributed by atoms with Crippen molar-refractivity contribution >= 4 is 0 Å². The van der Waals surface area contributed by atoms with E-state index in [2.05, 4.69) is 5.48 Å². The van der Waals surface area contributed by atoms with Gasteiger partial charge in [-0.25, -0.2) is 5.48 Å². The van der Waals surface area contributed by atoms with E-state index < -0.39 is 0 Å². The third-order valence-corrected chi connectivity index (χ3v) is 2.88. The first kappa shape index (κ1) is 9.49. The van der Waals surface area contributed by atoms with Crippen LogP contribution in [0.25, 0.3) is 0 Å². The van der Waals surface area contributed by atoms with E-state index in [0.717, 1.165) is 18.4 Å². The Kier molecular flexibility index (Phi) is 2.70. The van der Waals surface area contributed by atoms with Crippen molar-refractivity contribution in [2.45, 2.75) is 32.2 Å². The minimum absolute atomic E-state index is 0.284. The molecule has 0 spiro atoms. The highest BCUT2D eigenvalue weighted by Crippen LogP contribution is 2.30. The summed E-state index contributed by atoms with van der Waals surface area (Å²) in [5.74, 6) is 0.284. The zero-order valence-corrected chi connectivity index (χ0v) is 8.08. The number of benzene rings is 1. The van der Waals surface area contributed by atoms with Crippen molar-refractivity contribution in [3.05, 3.63) is 28.8 Å². The second-order valence-corrected chi connectivity index (χ2v) is 3.74. The van der Waals surface area contributed by atoms with Crippen molar-refractivity contribution in [2.24, 2.45) is 0 Å². The van der Waals surface area contributed by atoms with Gasteiger partial charge in [0.05, 0.1) is 0 Å². The summed E-state index contributed by atoms with van der Waals surface area (Å²) in [6, 6.07) is 3.71. The minimum Gasteiger partial charge on any atom is -0.508 e. The SMILES string of the molecule is ONCc1c(O)ccc2c1CCCC2. The number of phenols is 1. The van der Waals surface area contributed by atoms with Gasteiger partial charge in [-0.1, -0.05) is 6.07 Å². The maximum absolute atomic E-state index is 9.65. The van der Waals surface area contributed by atoms with Gasteiger partial charge in [0.1, 0.15) is 5.75 Å². The molecule has 1 aromatic rings. The Bertz CT molecular complexity index is 336. The number of hydrogen-bond donors (Lipinski definition) is 3. The fourth-order valence-electron chi connectivity index (χ4n) is 2.17.